The van der Waals surface area contributed by atoms with Crippen molar-refractivity contribution in [2.24, 2.45) is 0 Å². The number of piperazine rings is 1. The molecule has 0 bridgehead atoms. The lowest BCUT2D eigenvalue weighted by Gasteiger charge is -2.54. The Morgan fingerprint density at radius 2 is 1.52 bits per heavy atom. The van der Waals surface area contributed by atoms with E-state index in [-0.39, 0.29) is 24.7 Å². The Morgan fingerprint density at radius 3 is 2.06 bits per heavy atom. The van der Waals surface area contributed by atoms with Crippen LogP contribution in [0.25, 0.3) is 0 Å². The number of nitrogens with zero attached hydrogens (tertiary/aromatic N) is 2. The molecule has 5 heterocycles. The zero-order valence-corrected chi connectivity index (χ0v) is 19.9. The van der Waals surface area contributed by atoms with Crippen molar-refractivity contribution in [1.29, 1.82) is 0 Å². The van der Waals surface area contributed by atoms with E-state index in [2.05, 4.69) is 0 Å². The molecule has 9 nitrogen and oxygen atoms in total. The molecule has 0 spiro atoms. The molecule has 176 valence electrons. The van der Waals surface area contributed by atoms with Gasteiger partial charge in [-0.25, -0.2) is 0 Å². The van der Waals surface area contributed by atoms with Crippen LogP contribution in [0.15, 0.2) is 48.3 Å². The van der Waals surface area contributed by atoms with E-state index >= 15 is 0 Å². The fraction of sp³-hybridized carbons (Fsp3) is 0.500. The van der Waals surface area contributed by atoms with E-state index < -0.39 is 40.0 Å². The highest BCUT2D eigenvalue weighted by molar-refractivity contribution is 8.01. The third-order valence-corrected chi connectivity index (χ3v) is 9.22. The van der Waals surface area contributed by atoms with Gasteiger partial charge in [-0.15, -0.1) is 23.5 Å². The standard InChI is InChI=1S/C22H24N2O7S2/c1-12(25)31-16-5-7-30-11-14-9-22(33-3)19(27)23-17-13(10-29-6-4-15(17)26)8-21(23,32-2)20(28)24(22)18(14)16/h4-7,10-11,15-18,26H,8-9H2,1-3H3/t15-,16-,17-,18-,21+,22+/m0/s1. The molecule has 11 heteroatoms. The Hall–Kier alpha value is -2.37. The monoisotopic (exact) mass is 492 g/mol. The summed E-state index contributed by atoms with van der Waals surface area (Å²) in [4.78, 5) is 41.2. The Bertz CT molecular complexity index is 1040. The third kappa shape index (κ3) is 2.95. The van der Waals surface area contributed by atoms with Gasteiger partial charge >= 0.3 is 5.97 Å². The van der Waals surface area contributed by atoms with Gasteiger partial charge in [0.15, 0.2) is 9.74 Å². The number of amides is 2. The largest absolute Gasteiger partial charge is 0.473 e. The highest BCUT2D eigenvalue weighted by Gasteiger charge is 2.72. The summed E-state index contributed by atoms with van der Waals surface area (Å²) in [5.74, 6) is -1.04. The molecule has 0 aromatic carbocycles. The van der Waals surface area contributed by atoms with Gasteiger partial charge in [-0.05, 0) is 35.8 Å². The Labute approximate surface area is 199 Å². The molecule has 5 rings (SSSR count). The number of esters is 1. The van der Waals surface area contributed by atoms with Crippen LogP contribution in [0.2, 0.25) is 0 Å². The number of thioether (sulfide) groups is 2. The highest BCUT2D eigenvalue weighted by Crippen LogP contribution is 2.59. The number of carbonyl (C=O) groups is 3. The van der Waals surface area contributed by atoms with Crippen LogP contribution in [0.3, 0.4) is 0 Å². The minimum absolute atomic E-state index is 0.220. The third-order valence-electron chi connectivity index (χ3n) is 6.84. The van der Waals surface area contributed by atoms with Gasteiger partial charge in [-0.1, -0.05) is 0 Å². The van der Waals surface area contributed by atoms with Crippen LogP contribution in [0.1, 0.15) is 19.8 Å². The first-order valence-electron chi connectivity index (χ1n) is 10.5. The number of hydrogen-bond donors (Lipinski definition) is 1. The number of aliphatic hydroxyl groups is 1. The lowest BCUT2D eigenvalue weighted by molar-refractivity contribution is -0.169. The summed E-state index contributed by atoms with van der Waals surface area (Å²) in [6, 6.07) is -1.39. The zero-order valence-electron chi connectivity index (χ0n) is 18.3. The van der Waals surface area contributed by atoms with E-state index in [1.54, 1.807) is 28.4 Å². The van der Waals surface area contributed by atoms with Crippen molar-refractivity contribution in [3.8, 4) is 0 Å². The van der Waals surface area contributed by atoms with Gasteiger partial charge in [-0.3, -0.25) is 14.4 Å². The first-order valence-corrected chi connectivity index (χ1v) is 12.9. The van der Waals surface area contributed by atoms with Crippen molar-refractivity contribution < 1.29 is 33.7 Å². The van der Waals surface area contributed by atoms with Crippen molar-refractivity contribution in [2.75, 3.05) is 12.5 Å². The maximum atomic E-state index is 14.4. The van der Waals surface area contributed by atoms with Crippen molar-refractivity contribution >= 4 is 41.3 Å². The summed E-state index contributed by atoms with van der Waals surface area (Å²) in [5.41, 5.74) is 1.37. The molecule has 2 amide bonds. The second-order valence-corrected chi connectivity index (χ2v) is 10.6. The lowest BCUT2D eigenvalue weighted by Crippen LogP contribution is -2.74. The topological polar surface area (TPSA) is 106 Å². The van der Waals surface area contributed by atoms with Gasteiger partial charge in [0, 0.05) is 19.8 Å². The Balaban J connectivity index is 1.68. The van der Waals surface area contributed by atoms with Crippen LogP contribution >= 0.6 is 23.5 Å². The van der Waals surface area contributed by atoms with Gasteiger partial charge in [0.2, 0.25) is 0 Å². The van der Waals surface area contributed by atoms with Gasteiger partial charge in [0.1, 0.15) is 6.10 Å². The molecule has 5 aliphatic heterocycles. The molecule has 0 saturated carbocycles. The molecule has 0 unspecified atom stereocenters. The predicted octanol–water partition coefficient (Wildman–Crippen LogP) is 1.47. The fourth-order valence-corrected chi connectivity index (χ4v) is 7.46. The zero-order chi connectivity index (χ0) is 23.5. The number of fused-ring (bicyclic) bond motifs is 6. The van der Waals surface area contributed by atoms with Crippen molar-refractivity contribution in [3.63, 3.8) is 0 Å². The fourth-order valence-electron chi connectivity index (χ4n) is 5.50. The number of carbonyl (C=O) groups excluding carboxylic acids is 3. The van der Waals surface area contributed by atoms with Gasteiger partial charge in [-0.2, -0.15) is 0 Å². The van der Waals surface area contributed by atoms with Gasteiger partial charge in [0.05, 0.1) is 43.2 Å². The summed E-state index contributed by atoms with van der Waals surface area (Å²) >= 11 is 2.53. The summed E-state index contributed by atoms with van der Waals surface area (Å²) in [7, 11) is 0. The molecule has 33 heavy (non-hydrogen) atoms. The minimum atomic E-state index is -1.26. The number of aliphatic hydroxyl groups excluding tert-OH is 1. The van der Waals surface area contributed by atoms with E-state index in [1.807, 2.05) is 0 Å². The second kappa shape index (κ2) is 7.85. The molecular weight excluding hydrogens is 468 g/mol. The molecule has 3 fully saturated rings. The molecule has 5 aliphatic rings. The normalized spacial score (nSPS) is 38.7. The summed E-state index contributed by atoms with van der Waals surface area (Å²) < 4.78 is 16.4. The predicted molar refractivity (Wildman–Crippen MR) is 121 cm³/mol. The Morgan fingerprint density at radius 1 is 1.00 bits per heavy atom. The molecule has 6 atom stereocenters. The first-order chi connectivity index (χ1) is 15.8. The maximum Gasteiger partial charge on any atom is 0.303 e. The molecular formula is C22H24N2O7S2. The molecule has 1 N–H and O–H groups in total. The molecule has 0 radical (unpaired) electrons. The van der Waals surface area contributed by atoms with Gasteiger partial charge < -0.3 is 29.1 Å². The second-order valence-electron chi connectivity index (χ2n) is 8.45. The molecule has 0 aliphatic carbocycles. The molecule has 3 saturated heterocycles. The van der Waals surface area contributed by atoms with Crippen molar-refractivity contribution in [2.45, 2.75) is 53.8 Å². The van der Waals surface area contributed by atoms with Crippen molar-refractivity contribution in [3.05, 3.63) is 48.3 Å². The van der Waals surface area contributed by atoms with E-state index in [9.17, 15) is 19.5 Å². The summed E-state index contributed by atoms with van der Waals surface area (Å²) in [6.45, 7) is 1.31. The number of rotatable bonds is 3. The van der Waals surface area contributed by atoms with Crippen LogP contribution in [-0.4, -0.2) is 79.2 Å². The summed E-state index contributed by atoms with van der Waals surface area (Å²) in [6.07, 6.45) is 11.1. The smallest absolute Gasteiger partial charge is 0.303 e. The first kappa shape index (κ1) is 22.4. The lowest BCUT2D eigenvalue weighted by atomic mass is 10.0. The SMILES string of the molecule is CS[C@@]12CC3=COC=C[C@H](OC(C)=O)[C@H]3N1C(=O)[C@]1(SC)CC3=COC=C[C@H](O)[C@H]3N1C2=O. The van der Waals surface area contributed by atoms with Crippen LogP contribution in [0.5, 0.6) is 0 Å². The van der Waals surface area contributed by atoms with E-state index in [1.165, 1.54) is 61.6 Å². The van der Waals surface area contributed by atoms with Gasteiger partial charge in [0.25, 0.3) is 11.8 Å². The molecule has 0 aromatic heterocycles. The van der Waals surface area contributed by atoms with Crippen LogP contribution in [0.4, 0.5) is 0 Å². The number of hydrogen-bond acceptors (Lipinski definition) is 9. The van der Waals surface area contributed by atoms with E-state index in [4.69, 9.17) is 14.2 Å². The van der Waals surface area contributed by atoms with Crippen LogP contribution in [0, 0.1) is 0 Å². The van der Waals surface area contributed by atoms with Crippen LogP contribution in [-0.2, 0) is 28.6 Å². The van der Waals surface area contributed by atoms with Crippen molar-refractivity contribution in [1.82, 2.24) is 9.80 Å². The van der Waals surface area contributed by atoms with E-state index in [0.29, 0.717) is 11.1 Å². The van der Waals surface area contributed by atoms with Crippen LogP contribution < -0.4 is 0 Å². The molecule has 0 aromatic rings. The minimum Gasteiger partial charge on any atom is -0.473 e. The summed E-state index contributed by atoms with van der Waals surface area (Å²) in [5, 5.41) is 10.9. The number of ether oxygens (including phenoxy) is 3. The van der Waals surface area contributed by atoms with E-state index in [0.717, 1.165) is 0 Å². The Kier molecular flexibility index (Phi) is 5.33. The maximum absolute atomic E-state index is 14.4. The average molecular weight is 493 g/mol. The highest BCUT2D eigenvalue weighted by atomic mass is 32.2. The average Bonchev–Trinajstić information content (AvgIpc) is 3.17. The quantitative estimate of drug-likeness (QED) is 0.586.